The molecule has 0 radical (unpaired) electrons. The molecule has 1 saturated carbocycles. The fourth-order valence-electron chi connectivity index (χ4n) is 3.38. The number of hydrogen-bond donors (Lipinski definition) is 2. The molecule has 2 aliphatic rings. The Balaban J connectivity index is 1.91. The minimum absolute atomic E-state index is 0.0455. The number of rotatable bonds is 1. The fourth-order valence-corrected chi connectivity index (χ4v) is 3.38. The van der Waals surface area contributed by atoms with Gasteiger partial charge in [0.05, 0.1) is 6.10 Å². The van der Waals surface area contributed by atoms with Gasteiger partial charge in [-0.3, -0.25) is 0 Å². The van der Waals surface area contributed by atoms with Crippen LogP contribution >= 0.6 is 0 Å². The van der Waals surface area contributed by atoms with E-state index in [2.05, 4.69) is 5.32 Å². The summed E-state index contributed by atoms with van der Waals surface area (Å²) in [5.74, 6) is 0.526. The van der Waals surface area contributed by atoms with Crippen LogP contribution in [0.3, 0.4) is 0 Å². The molecule has 0 amide bonds. The van der Waals surface area contributed by atoms with Crippen molar-refractivity contribution >= 4 is 0 Å². The van der Waals surface area contributed by atoms with Crippen LogP contribution < -0.4 is 5.32 Å². The van der Waals surface area contributed by atoms with Gasteiger partial charge in [-0.15, -0.1) is 0 Å². The second-order valence-corrected chi connectivity index (χ2v) is 5.63. The molecule has 3 unspecified atom stereocenters. The first-order valence-corrected chi connectivity index (χ1v) is 7.29. The Hall–Kier alpha value is -0.0800. The molecule has 0 aromatic carbocycles. The lowest BCUT2D eigenvalue weighted by atomic mass is 9.82. The monoisotopic (exact) mass is 225 g/mol. The van der Waals surface area contributed by atoms with E-state index >= 15 is 0 Å². The summed E-state index contributed by atoms with van der Waals surface area (Å²) in [5.41, 5.74) is 0. The van der Waals surface area contributed by atoms with E-state index in [0.717, 1.165) is 13.0 Å². The van der Waals surface area contributed by atoms with E-state index in [1.54, 1.807) is 0 Å². The first-order valence-electron chi connectivity index (χ1n) is 7.29. The van der Waals surface area contributed by atoms with Crippen molar-refractivity contribution in [2.45, 2.75) is 76.4 Å². The summed E-state index contributed by atoms with van der Waals surface area (Å²) in [7, 11) is 0. The molecule has 3 atom stereocenters. The molecular formula is C14H27NO. The minimum Gasteiger partial charge on any atom is -0.393 e. The molecule has 1 heterocycles. The van der Waals surface area contributed by atoms with E-state index < -0.39 is 0 Å². The number of aliphatic hydroxyl groups is 1. The van der Waals surface area contributed by atoms with Crippen molar-refractivity contribution in [3.8, 4) is 0 Å². The second-order valence-electron chi connectivity index (χ2n) is 5.63. The van der Waals surface area contributed by atoms with Gasteiger partial charge in [-0.2, -0.15) is 0 Å². The van der Waals surface area contributed by atoms with Crippen LogP contribution in [0.1, 0.15) is 64.2 Å². The SMILES string of the molecule is OC1CCCCCCC1C1CCCCCN1. The molecular weight excluding hydrogens is 198 g/mol. The zero-order chi connectivity index (χ0) is 11.2. The summed E-state index contributed by atoms with van der Waals surface area (Å²) in [5, 5.41) is 13.9. The molecule has 2 nitrogen and oxygen atoms in total. The summed E-state index contributed by atoms with van der Waals surface area (Å²) in [6.45, 7) is 1.16. The van der Waals surface area contributed by atoms with Gasteiger partial charge in [0.15, 0.2) is 0 Å². The average molecular weight is 225 g/mol. The Kier molecular flexibility index (Phi) is 5.11. The summed E-state index contributed by atoms with van der Waals surface area (Å²) in [4.78, 5) is 0. The van der Waals surface area contributed by atoms with Crippen molar-refractivity contribution in [1.29, 1.82) is 0 Å². The maximum Gasteiger partial charge on any atom is 0.0583 e. The summed E-state index contributed by atoms with van der Waals surface area (Å²) in [6, 6.07) is 0.593. The Bertz CT molecular complexity index is 187. The topological polar surface area (TPSA) is 32.3 Å². The lowest BCUT2D eigenvalue weighted by molar-refractivity contribution is 0.0606. The zero-order valence-electron chi connectivity index (χ0n) is 10.5. The van der Waals surface area contributed by atoms with Crippen LogP contribution in [-0.2, 0) is 0 Å². The van der Waals surface area contributed by atoms with Gasteiger partial charge >= 0.3 is 0 Å². The zero-order valence-corrected chi connectivity index (χ0v) is 10.5. The number of aliphatic hydroxyl groups excluding tert-OH is 1. The Labute approximate surface area is 99.8 Å². The molecule has 1 saturated heterocycles. The van der Waals surface area contributed by atoms with Gasteiger partial charge in [-0.05, 0) is 32.2 Å². The van der Waals surface area contributed by atoms with E-state index in [4.69, 9.17) is 0 Å². The largest absolute Gasteiger partial charge is 0.393 e. The van der Waals surface area contributed by atoms with Crippen LogP contribution in [0.2, 0.25) is 0 Å². The van der Waals surface area contributed by atoms with Gasteiger partial charge in [0.1, 0.15) is 0 Å². The van der Waals surface area contributed by atoms with Gasteiger partial charge in [-0.1, -0.05) is 38.5 Å². The Morgan fingerprint density at radius 1 is 0.750 bits per heavy atom. The van der Waals surface area contributed by atoms with Crippen LogP contribution in [-0.4, -0.2) is 23.8 Å². The highest BCUT2D eigenvalue weighted by atomic mass is 16.3. The first-order chi connectivity index (χ1) is 7.88. The van der Waals surface area contributed by atoms with E-state index in [9.17, 15) is 5.11 Å². The van der Waals surface area contributed by atoms with Gasteiger partial charge in [0, 0.05) is 12.0 Å². The molecule has 1 aliphatic heterocycles. The van der Waals surface area contributed by atoms with Crippen molar-refractivity contribution < 1.29 is 5.11 Å². The molecule has 16 heavy (non-hydrogen) atoms. The predicted octanol–water partition coefficient (Wildman–Crippen LogP) is 2.85. The molecule has 2 fully saturated rings. The van der Waals surface area contributed by atoms with Crippen LogP contribution in [0.5, 0.6) is 0 Å². The maximum absolute atomic E-state index is 10.3. The van der Waals surface area contributed by atoms with E-state index in [0.29, 0.717) is 12.0 Å². The van der Waals surface area contributed by atoms with E-state index in [1.807, 2.05) is 0 Å². The maximum atomic E-state index is 10.3. The molecule has 1 aliphatic carbocycles. The van der Waals surface area contributed by atoms with Crippen LogP contribution in [0.4, 0.5) is 0 Å². The molecule has 0 aromatic rings. The van der Waals surface area contributed by atoms with Gasteiger partial charge in [0.25, 0.3) is 0 Å². The molecule has 0 aromatic heterocycles. The highest BCUT2D eigenvalue weighted by Crippen LogP contribution is 2.28. The Morgan fingerprint density at radius 3 is 2.31 bits per heavy atom. The molecule has 0 spiro atoms. The summed E-state index contributed by atoms with van der Waals surface area (Å²) in [6.07, 6.45) is 12.8. The lowest BCUT2D eigenvalue weighted by Gasteiger charge is -2.32. The Morgan fingerprint density at radius 2 is 1.44 bits per heavy atom. The van der Waals surface area contributed by atoms with Crippen LogP contribution in [0.15, 0.2) is 0 Å². The average Bonchev–Trinajstić information content (AvgIpc) is 2.53. The van der Waals surface area contributed by atoms with Gasteiger partial charge in [0.2, 0.25) is 0 Å². The standard InChI is InChI=1S/C14H27NO/c16-14-10-6-2-1-4-8-12(14)13-9-5-3-7-11-15-13/h12-16H,1-11H2. The highest BCUT2D eigenvalue weighted by Gasteiger charge is 2.28. The summed E-state index contributed by atoms with van der Waals surface area (Å²) < 4.78 is 0. The smallest absolute Gasteiger partial charge is 0.0583 e. The van der Waals surface area contributed by atoms with Crippen LogP contribution in [0.25, 0.3) is 0 Å². The second kappa shape index (κ2) is 6.61. The van der Waals surface area contributed by atoms with Crippen molar-refractivity contribution in [2.75, 3.05) is 6.54 Å². The molecule has 2 heteroatoms. The van der Waals surface area contributed by atoms with Crippen molar-refractivity contribution in [3.05, 3.63) is 0 Å². The number of nitrogens with one attached hydrogen (secondary N) is 1. The molecule has 2 N–H and O–H groups in total. The third-order valence-corrected chi connectivity index (χ3v) is 4.40. The highest BCUT2D eigenvalue weighted by molar-refractivity contribution is 4.84. The van der Waals surface area contributed by atoms with E-state index in [1.165, 1.54) is 57.8 Å². The normalized spacial score (nSPS) is 38.4. The fraction of sp³-hybridized carbons (Fsp3) is 1.00. The van der Waals surface area contributed by atoms with Crippen molar-refractivity contribution in [1.82, 2.24) is 5.32 Å². The third-order valence-electron chi connectivity index (χ3n) is 4.40. The van der Waals surface area contributed by atoms with Gasteiger partial charge < -0.3 is 10.4 Å². The first kappa shape index (κ1) is 12.4. The lowest BCUT2D eigenvalue weighted by Crippen LogP contribution is -2.42. The molecule has 94 valence electrons. The van der Waals surface area contributed by atoms with Gasteiger partial charge in [-0.25, -0.2) is 0 Å². The van der Waals surface area contributed by atoms with Crippen molar-refractivity contribution in [3.63, 3.8) is 0 Å². The molecule has 0 bridgehead atoms. The predicted molar refractivity (Wildman–Crippen MR) is 67.5 cm³/mol. The third kappa shape index (κ3) is 3.46. The number of hydrogen-bond acceptors (Lipinski definition) is 2. The molecule has 2 rings (SSSR count). The minimum atomic E-state index is -0.0455. The van der Waals surface area contributed by atoms with Crippen LogP contribution in [0, 0.1) is 5.92 Å². The van der Waals surface area contributed by atoms with Crippen molar-refractivity contribution in [2.24, 2.45) is 5.92 Å². The van der Waals surface area contributed by atoms with E-state index in [-0.39, 0.29) is 6.10 Å². The quantitative estimate of drug-likeness (QED) is 0.719. The summed E-state index contributed by atoms with van der Waals surface area (Å²) >= 11 is 0.